The fraction of sp³-hybridized carbons (Fsp3) is 0.500. The number of nitrogens with zero attached hydrogens (tertiary/aromatic N) is 1. The van der Waals surface area contributed by atoms with Crippen LogP contribution >= 0.6 is 11.6 Å². The maximum atomic E-state index is 6.07. The van der Waals surface area contributed by atoms with Crippen molar-refractivity contribution in [2.75, 3.05) is 30.4 Å². The van der Waals surface area contributed by atoms with E-state index in [9.17, 15) is 0 Å². The zero-order valence-electron chi connectivity index (χ0n) is 9.66. The van der Waals surface area contributed by atoms with Gasteiger partial charge in [-0.15, -0.1) is 0 Å². The molecular formula is C12H17ClN2O. The summed E-state index contributed by atoms with van der Waals surface area (Å²) in [6, 6.07) is 4.26. The zero-order chi connectivity index (χ0) is 11.7. The van der Waals surface area contributed by atoms with Crippen molar-refractivity contribution in [1.29, 1.82) is 0 Å². The van der Waals surface area contributed by atoms with E-state index >= 15 is 0 Å². The lowest BCUT2D eigenvalue weighted by molar-refractivity contribution is 0.0989. The number of nitrogen functional groups attached to an aromatic ring is 1. The van der Waals surface area contributed by atoms with Gasteiger partial charge in [0.15, 0.2) is 0 Å². The number of aryl methyl sites for hydroxylation is 1. The molecular weight excluding hydrogens is 224 g/mol. The lowest BCUT2D eigenvalue weighted by Crippen LogP contribution is -2.44. The van der Waals surface area contributed by atoms with Crippen LogP contribution in [-0.2, 0) is 4.74 Å². The molecule has 1 unspecified atom stereocenters. The first-order chi connectivity index (χ1) is 7.59. The lowest BCUT2D eigenvalue weighted by Gasteiger charge is -2.36. The summed E-state index contributed by atoms with van der Waals surface area (Å²) in [7, 11) is 0. The zero-order valence-corrected chi connectivity index (χ0v) is 10.4. The first-order valence-electron chi connectivity index (χ1n) is 5.49. The number of morpholine rings is 1. The number of anilines is 2. The quantitative estimate of drug-likeness (QED) is 0.767. The van der Waals surface area contributed by atoms with Crippen LogP contribution in [0.5, 0.6) is 0 Å². The molecule has 0 spiro atoms. The fourth-order valence-corrected chi connectivity index (χ4v) is 2.25. The van der Waals surface area contributed by atoms with Gasteiger partial charge < -0.3 is 15.4 Å². The van der Waals surface area contributed by atoms with E-state index in [1.165, 1.54) is 0 Å². The number of benzene rings is 1. The Hall–Kier alpha value is -0.930. The highest BCUT2D eigenvalue weighted by Crippen LogP contribution is 2.31. The maximum Gasteiger partial charge on any atom is 0.0668 e. The van der Waals surface area contributed by atoms with Crippen LogP contribution in [0.15, 0.2) is 12.1 Å². The highest BCUT2D eigenvalue weighted by Gasteiger charge is 2.21. The van der Waals surface area contributed by atoms with Crippen LogP contribution in [0.4, 0.5) is 11.4 Å². The van der Waals surface area contributed by atoms with Gasteiger partial charge in [0.05, 0.1) is 23.9 Å². The molecule has 1 aromatic rings. The van der Waals surface area contributed by atoms with Gasteiger partial charge in [-0.05, 0) is 31.5 Å². The third-order valence-corrected chi connectivity index (χ3v) is 3.32. The van der Waals surface area contributed by atoms with E-state index in [0.29, 0.717) is 16.8 Å². The summed E-state index contributed by atoms with van der Waals surface area (Å²) in [5, 5.41) is 0.624. The smallest absolute Gasteiger partial charge is 0.0668 e. The van der Waals surface area contributed by atoms with Gasteiger partial charge in [-0.3, -0.25) is 0 Å². The van der Waals surface area contributed by atoms with E-state index in [1.807, 2.05) is 12.1 Å². The standard InChI is InChI=1S/C12H17ClN2O/c1-8-5-11(14)10(13)6-12(8)15-3-4-16-7-9(15)2/h5-6,9H,3-4,7,14H2,1-2H3. The van der Waals surface area contributed by atoms with Crippen LogP contribution in [-0.4, -0.2) is 25.8 Å². The minimum absolute atomic E-state index is 0.382. The van der Waals surface area contributed by atoms with E-state index in [-0.39, 0.29) is 0 Å². The van der Waals surface area contributed by atoms with Crippen molar-refractivity contribution in [3.05, 3.63) is 22.7 Å². The Morgan fingerprint density at radius 1 is 1.50 bits per heavy atom. The third-order valence-electron chi connectivity index (χ3n) is 2.99. The van der Waals surface area contributed by atoms with Crippen LogP contribution < -0.4 is 10.6 Å². The summed E-state index contributed by atoms with van der Waals surface area (Å²) >= 11 is 6.07. The monoisotopic (exact) mass is 240 g/mol. The molecule has 1 saturated heterocycles. The van der Waals surface area contributed by atoms with Gasteiger partial charge in [-0.25, -0.2) is 0 Å². The average molecular weight is 241 g/mol. The average Bonchev–Trinajstić information content (AvgIpc) is 2.25. The number of nitrogens with two attached hydrogens (primary N) is 1. The Bertz CT molecular complexity index is 395. The minimum Gasteiger partial charge on any atom is -0.398 e. The van der Waals surface area contributed by atoms with Crippen molar-refractivity contribution < 1.29 is 4.74 Å². The number of hydrogen-bond acceptors (Lipinski definition) is 3. The molecule has 0 saturated carbocycles. The molecule has 88 valence electrons. The summed E-state index contributed by atoms with van der Waals surface area (Å²) in [6.07, 6.45) is 0. The Labute approximate surface area is 101 Å². The normalized spacial score (nSPS) is 21.2. The van der Waals surface area contributed by atoms with Gasteiger partial charge in [0.25, 0.3) is 0 Å². The molecule has 0 bridgehead atoms. The molecule has 2 N–H and O–H groups in total. The van der Waals surface area contributed by atoms with Crippen molar-refractivity contribution in [2.45, 2.75) is 19.9 Å². The van der Waals surface area contributed by atoms with E-state index < -0.39 is 0 Å². The number of rotatable bonds is 1. The molecule has 0 amide bonds. The summed E-state index contributed by atoms with van der Waals surface area (Å²) < 4.78 is 5.43. The van der Waals surface area contributed by atoms with Crippen molar-refractivity contribution >= 4 is 23.0 Å². The number of ether oxygens (including phenoxy) is 1. The summed E-state index contributed by atoms with van der Waals surface area (Å²) in [6.45, 7) is 6.66. The van der Waals surface area contributed by atoms with Gasteiger partial charge >= 0.3 is 0 Å². The summed E-state index contributed by atoms with van der Waals surface area (Å²) in [5.41, 5.74) is 8.75. The van der Waals surface area contributed by atoms with Crippen LogP contribution in [0, 0.1) is 6.92 Å². The molecule has 1 atom stereocenters. The first kappa shape index (κ1) is 11.6. The molecule has 16 heavy (non-hydrogen) atoms. The Morgan fingerprint density at radius 2 is 2.25 bits per heavy atom. The van der Waals surface area contributed by atoms with E-state index in [0.717, 1.165) is 31.0 Å². The topological polar surface area (TPSA) is 38.5 Å². The minimum atomic E-state index is 0.382. The van der Waals surface area contributed by atoms with Crippen molar-refractivity contribution in [3.63, 3.8) is 0 Å². The molecule has 1 aromatic carbocycles. The molecule has 0 radical (unpaired) electrons. The maximum absolute atomic E-state index is 6.07. The van der Waals surface area contributed by atoms with Gasteiger partial charge in [-0.2, -0.15) is 0 Å². The van der Waals surface area contributed by atoms with Crippen LogP contribution in [0.1, 0.15) is 12.5 Å². The van der Waals surface area contributed by atoms with E-state index in [4.69, 9.17) is 22.1 Å². The molecule has 0 aliphatic carbocycles. The predicted octanol–water partition coefficient (Wildman–Crippen LogP) is 2.46. The molecule has 1 heterocycles. The predicted molar refractivity (Wildman–Crippen MR) is 68.2 cm³/mol. The van der Waals surface area contributed by atoms with Gasteiger partial charge in [0, 0.05) is 18.3 Å². The second-order valence-corrected chi connectivity index (χ2v) is 4.68. The second kappa shape index (κ2) is 4.52. The second-order valence-electron chi connectivity index (χ2n) is 4.28. The van der Waals surface area contributed by atoms with Gasteiger partial charge in [0.2, 0.25) is 0 Å². The molecule has 0 aromatic heterocycles. The van der Waals surface area contributed by atoms with Gasteiger partial charge in [-0.1, -0.05) is 11.6 Å². The number of halogens is 1. The lowest BCUT2D eigenvalue weighted by atomic mass is 10.1. The highest BCUT2D eigenvalue weighted by atomic mass is 35.5. The largest absolute Gasteiger partial charge is 0.398 e. The molecule has 1 fully saturated rings. The van der Waals surface area contributed by atoms with Gasteiger partial charge in [0.1, 0.15) is 0 Å². The Balaban J connectivity index is 2.35. The van der Waals surface area contributed by atoms with E-state index in [1.54, 1.807) is 0 Å². The Morgan fingerprint density at radius 3 is 2.94 bits per heavy atom. The number of hydrogen-bond donors (Lipinski definition) is 1. The Kier molecular flexibility index (Phi) is 3.26. The third kappa shape index (κ3) is 2.11. The SMILES string of the molecule is Cc1cc(N)c(Cl)cc1N1CCOCC1C. The molecule has 1 aliphatic rings. The summed E-state index contributed by atoms with van der Waals surface area (Å²) in [4.78, 5) is 2.32. The van der Waals surface area contributed by atoms with Crippen molar-refractivity contribution in [1.82, 2.24) is 0 Å². The first-order valence-corrected chi connectivity index (χ1v) is 5.87. The van der Waals surface area contributed by atoms with Crippen molar-refractivity contribution in [2.24, 2.45) is 0 Å². The molecule has 3 nitrogen and oxygen atoms in total. The van der Waals surface area contributed by atoms with Crippen LogP contribution in [0.2, 0.25) is 5.02 Å². The summed E-state index contributed by atoms with van der Waals surface area (Å²) in [5.74, 6) is 0. The highest BCUT2D eigenvalue weighted by molar-refractivity contribution is 6.33. The van der Waals surface area contributed by atoms with Crippen molar-refractivity contribution in [3.8, 4) is 0 Å². The van der Waals surface area contributed by atoms with Crippen LogP contribution in [0.25, 0.3) is 0 Å². The fourth-order valence-electron chi connectivity index (χ4n) is 2.09. The molecule has 1 aliphatic heterocycles. The molecule has 2 rings (SSSR count). The van der Waals surface area contributed by atoms with E-state index in [2.05, 4.69) is 18.7 Å². The van der Waals surface area contributed by atoms with Crippen LogP contribution in [0.3, 0.4) is 0 Å². The molecule has 4 heteroatoms.